The Labute approximate surface area is 171 Å². The van der Waals surface area contributed by atoms with Crippen LogP contribution in [0.2, 0.25) is 0 Å². The molecule has 4 nitrogen and oxygen atoms in total. The lowest BCUT2D eigenvalue weighted by molar-refractivity contribution is 0.405. The van der Waals surface area contributed by atoms with Crippen LogP contribution in [0.25, 0.3) is 10.9 Å². The summed E-state index contributed by atoms with van der Waals surface area (Å²) in [5.41, 5.74) is 4.35. The fourth-order valence-electron chi connectivity index (χ4n) is 4.88. The maximum Gasteiger partial charge on any atom is 0.251 e. The smallest absolute Gasteiger partial charge is 0.251 e. The van der Waals surface area contributed by atoms with Gasteiger partial charge < -0.3 is 9.72 Å². The number of H-pyrrole nitrogens is 1. The van der Waals surface area contributed by atoms with Gasteiger partial charge in [-0.25, -0.2) is 0 Å². The maximum absolute atomic E-state index is 12.3. The number of nitrogens with zero attached hydrogens (tertiary/aromatic N) is 1. The standard InChI is InChI=1S/C25H26N2O2/c1-4-16-12-18-6-9-19(13-23(18)27-24(16)28)25(5-2,15-26)22-11-8-17-7-10-20(29-3)14-21(17)22/h6-7,9-10,12-14,22H,4-5,8,11H2,1-3H3,(H,27,28). The number of ether oxygens (including phenoxy) is 1. The first kappa shape index (κ1) is 19.3. The predicted molar refractivity (Wildman–Crippen MR) is 116 cm³/mol. The first-order valence-corrected chi connectivity index (χ1v) is 10.3. The summed E-state index contributed by atoms with van der Waals surface area (Å²) in [6.07, 6.45) is 3.31. The highest BCUT2D eigenvalue weighted by atomic mass is 16.5. The van der Waals surface area contributed by atoms with Crippen LogP contribution in [0.15, 0.2) is 47.3 Å². The second-order valence-corrected chi connectivity index (χ2v) is 7.87. The summed E-state index contributed by atoms with van der Waals surface area (Å²) >= 11 is 0. The number of benzene rings is 2. The van der Waals surface area contributed by atoms with E-state index in [9.17, 15) is 10.1 Å². The molecular formula is C25H26N2O2. The number of hydrogen-bond acceptors (Lipinski definition) is 3. The molecular weight excluding hydrogens is 360 g/mol. The van der Waals surface area contributed by atoms with Crippen molar-refractivity contribution in [1.82, 2.24) is 4.98 Å². The Bertz CT molecular complexity index is 1170. The number of nitriles is 1. The van der Waals surface area contributed by atoms with Crippen LogP contribution in [0.1, 0.15) is 54.9 Å². The minimum atomic E-state index is -0.647. The molecule has 0 saturated carbocycles. The topological polar surface area (TPSA) is 65.9 Å². The largest absolute Gasteiger partial charge is 0.497 e. The molecule has 1 aliphatic rings. The van der Waals surface area contributed by atoms with Gasteiger partial charge in [0.1, 0.15) is 5.75 Å². The molecule has 4 rings (SSSR count). The molecule has 0 spiro atoms. The van der Waals surface area contributed by atoms with Crippen molar-refractivity contribution in [1.29, 1.82) is 5.26 Å². The molecule has 1 N–H and O–H groups in total. The average Bonchev–Trinajstić information content (AvgIpc) is 3.18. The van der Waals surface area contributed by atoms with Gasteiger partial charge in [-0.05, 0) is 72.0 Å². The van der Waals surface area contributed by atoms with Crippen molar-refractivity contribution in [3.05, 3.63) is 75.1 Å². The van der Waals surface area contributed by atoms with Gasteiger partial charge in [-0.1, -0.05) is 32.0 Å². The molecule has 1 aromatic heterocycles. The fourth-order valence-corrected chi connectivity index (χ4v) is 4.88. The van der Waals surface area contributed by atoms with Crippen molar-refractivity contribution < 1.29 is 4.74 Å². The first-order valence-electron chi connectivity index (χ1n) is 10.3. The van der Waals surface area contributed by atoms with Gasteiger partial charge in [0, 0.05) is 17.0 Å². The van der Waals surface area contributed by atoms with E-state index < -0.39 is 5.41 Å². The number of pyridine rings is 1. The average molecular weight is 386 g/mol. The van der Waals surface area contributed by atoms with E-state index in [1.165, 1.54) is 11.1 Å². The van der Waals surface area contributed by atoms with Crippen molar-refractivity contribution in [2.75, 3.05) is 7.11 Å². The Hall–Kier alpha value is -3.06. The molecule has 0 radical (unpaired) electrons. The molecule has 29 heavy (non-hydrogen) atoms. The fraction of sp³-hybridized carbons (Fsp3) is 0.360. The van der Waals surface area contributed by atoms with Gasteiger partial charge in [0.2, 0.25) is 0 Å². The molecule has 0 bridgehead atoms. The minimum absolute atomic E-state index is 0.0489. The van der Waals surface area contributed by atoms with Gasteiger partial charge in [-0.3, -0.25) is 4.79 Å². The summed E-state index contributed by atoms with van der Waals surface area (Å²) in [5, 5.41) is 11.4. The number of hydrogen-bond donors (Lipinski definition) is 1. The molecule has 0 fully saturated rings. The second kappa shape index (κ2) is 7.40. The highest BCUT2D eigenvalue weighted by Gasteiger charge is 2.43. The van der Waals surface area contributed by atoms with Crippen LogP contribution in [-0.2, 0) is 18.3 Å². The third-order valence-electron chi connectivity index (χ3n) is 6.60. The molecule has 0 aliphatic heterocycles. The van der Waals surface area contributed by atoms with Gasteiger partial charge in [0.15, 0.2) is 0 Å². The quantitative estimate of drug-likeness (QED) is 0.671. The number of rotatable bonds is 5. The molecule has 0 saturated heterocycles. The summed E-state index contributed by atoms with van der Waals surface area (Å²) in [6.45, 7) is 4.06. The highest BCUT2D eigenvalue weighted by molar-refractivity contribution is 5.80. The van der Waals surface area contributed by atoms with Gasteiger partial charge in [0.25, 0.3) is 5.56 Å². The third-order valence-corrected chi connectivity index (χ3v) is 6.60. The Balaban J connectivity index is 1.87. The van der Waals surface area contributed by atoms with Crippen LogP contribution >= 0.6 is 0 Å². The number of aryl methyl sites for hydroxylation is 2. The van der Waals surface area contributed by atoms with Crippen LogP contribution < -0.4 is 10.3 Å². The molecule has 2 unspecified atom stereocenters. The summed E-state index contributed by atoms with van der Waals surface area (Å²) < 4.78 is 5.44. The third kappa shape index (κ3) is 3.02. The Morgan fingerprint density at radius 1 is 1.21 bits per heavy atom. The zero-order chi connectivity index (χ0) is 20.6. The zero-order valence-corrected chi connectivity index (χ0v) is 17.2. The van der Waals surface area contributed by atoms with Crippen molar-refractivity contribution >= 4 is 10.9 Å². The summed E-state index contributed by atoms with van der Waals surface area (Å²) in [4.78, 5) is 15.3. The second-order valence-electron chi connectivity index (χ2n) is 7.87. The van der Waals surface area contributed by atoms with E-state index in [1.54, 1.807) is 7.11 Å². The van der Waals surface area contributed by atoms with Gasteiger partial charge in [-0.15, -0.1) is 0 Å². The molecule has 4 heteroatoms. The zero-order valence-electron chi connectivity index (χ0n) is 17.2. The highest BCUT2D eigenvalue weighted by Crippen LogP contribution is 2.49. The van der Waals surface area contributed by atoms with E-state index in [0.717, 1.165) is 40.6 Å². The van der Waals surface area contributed by atoms with Crippen molar-refractivity contribution in [2.24, 2.45) is 0 Å². The van der Waals surface area contributed by atoms with E-state index in [1.807, 2.05) is 31.2 Å². The lowest BCUT2D eigenvalue weighted by Crippen LogP contribution is -2.30. The normalized spacial score (nSPS) is 17.5. The van der Waals surface area contributed by atoms with E-state index in [0.29, 0.717) is 12.8 Å². The van der Waals surface area contributed by atoms with E-state index in [2.05, 4.69) is 36.2 Å². The minimum Gasteiger partial charge on any atom is -0.497 e. The lowest BCUT2D eigenvalue weighted by atomic mass is 9.67. The van der Waals surface area contributed by atoms with Gasteiger partial charge >= 0.3 is 0 Å². The van der Waals surface area contributed by atoms with Crippen molar-refractivity contribution in [3.8, 4) is 11.8 Å². The lowest BCUT2D eigenvalue weighted by Gasteiger charge is -2.33. The van der Waals surface area contributed by atoms with Crippen LogP contribution in [0.5, 0.6) is 5.75 Å². The molecule has 1 aliphatic carbocycles. The monoisotopic (exact) mass is 386 g/mol. The molecule has 1 heterocycles. The molecule has 2 aromatic carbocycles. The molecule has 0 amide bonds. The van der Waals surface area contributed by atoms with E-state index in [-0.39, 0.29) is 11.5 Å². The van der Waals surface area contributed by atoms with Crippen LogP contribution in [0.3, 0.4) is 0 Å². The summed E-state index contributed by atoms with van der Waals surface area (Å²) in [7, 11) is 1.67. The van der Waals surface area contributed by atoms with E-state index in [4.69, 9.17) is 4.74 Å². The van der Waals surface area contributed by atoms with Gasteiger partial charge in [-0.2, -0.15) is 5.26 Å². The number of aromatic amines is 1. The van der Waals surface area contributed by atoms with Crippen LogP contribution in [0, 0.1) is 11.3 Å². The Morgan fingerprint density at radius 2 is 2.03 bits per heavy atom. The number of fused-ring (bicyclic) bond motifs is 2. The van der Waals surface area contributed by atoms with Gasteiger partial charge in [0.05, 0.1) is 18.6 Å². The SMILES string of the molecule is CCc1cc2ccc(C(C#N)(CC)C3CCc4ccc(OC)cc43)cc2[nH]c1=O. The summed E-state index contributed by atoms with van der Waals surface area (Å²) in [6, 6.07) is 16.9. The van der Waals surface area contributed by atoms with Crippen molar-refractivity contribution in [2.45, 2.75) is 50.9 Å². The Kier molecular flexibility index (Phi) is 4.92. The van der Waals surface area contributed by atoms with Crippen LogP contribution in [-0.4, -0.2) is 12.1 Å². The maximum atomic E-state index is 12.3. The molecule has 148 valence electrons. The summed E-state index contributed by atoms with van der Waals surface area (Å²) in [5.74, 6) is 0.926. The van der Waals surface area contributed by atoms with Crippen LogP contribution in [0.4, 0.5) is 0 Å². The predicted octanol–water partition coefficient (Wildman–Crippen LogP) is 5.00. The number of aromatic nitrogens is 1. The van der Waals surface area contributed by atoms with Crippen molar-refractivity contribution in [3.63, 3.8) is 0 Å². The molecule has 3 aromatic rings. The number of nitrogens with one attached hydrogen (secondary N) is 1. The number of methoxy groups -OCH3 is 1. The molecule has 2 atom stereocenters. The first-order chi connectivity index (χ1) is 14.1. The van der Waals surface area contributed by atoms with E-state index >= 15 is 0 Å². The Morgan fingerprint density at radius 3 is 2.72 bits per heavy atom.